The molecule has 0 fully saturated rings. The second-order valence-corrected chi connectivity index (χ2v) is 4.63. The Morgan fingerprint density at radius 3 is 2.63 bits per heavy atom. The van der Waals surface area contributed by atoms with Gasteiger partial charge in [-0.15, -0.1) is 0 Å². The Balaban J connectivity index is 2.19. The summed E-state index contributed by atoms with van der Waals surface area (Å²) in [4.78, 5) is 15.1. The Labute approximate surface area is 112 Å². The van der Waals surface area contributed by atoms with Crippen LogP contribution in [-0.4, -0.2) is 17.0 Å². The largest absolute Gasteiger partial charge is 0.489 e. The van der Waals surface area contributed by atoms with Crippen LogP contribution in [0.15, 0.2) is 36.5 Å². The van der Waals surface area contributed by atoms with E-state index in [0.717, 1.165) is 5.69 Å². The number of aryl methyl sites for hydroxylation is 1. The maximum absolute atomic E-state index is 12.1. The summed E-state index contributed by atoms with van der Waals surface area (Å²) in [5.41, 5.74) is 2.17. The van der Waals surface area contributed by atoms with E-state index in [9.17, 15) is 4.79 Å². The van der Waals surface area contributed by atoms with E-state index in [1.54, 1.807) is 12.3 Å². The summed E-state index contributed by atoms with van der Waals surface area (Å²) in [5.74, 6) is 0.539. The lowest BCUT2D eigenvalue weighted by Crippen LogP contribution is -2.14. The summed E-state index contributed by atoms with van der Waals surface area (Å²) < 4.78 is 5.67. The predicted octanol–water partition coefficient (Wildman–Crippen LogP) is 3.36. The van der Waals surface area contributed by atoms with Crippen molar-refractivity contribution in [2.75, 3.05) is 5.32 Å². The van der Waals surface area contributed by atoms with E-state index in [0.29, 0.717) is 17.0 Å². The zero-order valence-electron chi connectivity index (χ0n) is 11.4. The van der Waals surface area contributed by atoms with Crippen LogP contribution in [0.1, 0.15) is 29.9 Å². The minimum absolute atomic E-state index is 0.0621. The van der Waals surface area contributed by atoms with E-state index >= 15 is 0 Å². The first-order valence-corrected chi connectivity index (χ1v) is 6.29. The molecule has 19 heavy (non-hydrogen) atoms. The van der Waals surface area contributed by atoms with E-state index in [1.807, 2.05) is 45.0 Å². The van der Waals surface area contributed by atoms with Gasteiger partial charge in [0.2, 0.25) is 0 Å². The Kier molecular flexibility index (Phi) is 3.90. The zero-order chi connectivity index (χ0) is 13.8. The minimum atomic E-state index is -0.140. The first-order valence-electron chi connectivity index (χ1n) is 6.29. The van der Waals surface area contributed by atoms with Crippen molar-refractivity contribution in [2.24, 2.45) is 0 Å². The molecular weight excluding hydrogens is 240 g/mol. The second kappa shape index (κ2) is 5.61. The quantitative estimate of drug-likeness (QED) is 0.883. The standard InChI is InChI=1S/C15H18N2O2/c1-10(2)19-14-7-5-4-6-13(14)17-15(18)12-8-9-16-11(12)3/h4-10,16H,1-3H3,(H,17,18). The molecule has 0 radical (unpaired) electrons. The van der Waals surface area contributed by atoms with E-state index in [4.69, 9.17) is 4.74 Å². The second-order valence-electron chi connectivity index (χ2n) is 4.63. The molecular formula is C15H18N2O2. The molecule has 0 aliphatic heterocycles. The predicted molar refractivity (Wildman–Crippen MR) is 75.7 cm³/mol. The van der Waals surface area contributed by atoms with E-state index in [-0.39, 0.29) is 12.0 Å². The molecule has 2 rings (SSSR count). The molecule has 0 aliphatic rings. The smallest absolute Gasteiger partial charge is 0.257 e. The first-order chi connectivity index (χ1) is 9.08. The number of nitrogens with one attached hydrogen (secondary N) is 2. The molecule has 0 saturated heterocycles. The molecule has 1 amide bonds. The lowest BCUT2D eigenvalue weighted by atomic mass is 10.2. The van der Waals surface area contributed by atoms with Crippen molar-refractivity contribution >= 4 is 11.6 Å². The molecule has 2 N–H and O–H groups in total. The summed E-state index contributed by atoms with van der Waals surface area (Å²) in [6.45, 7) is 5.77. The summed E-state index contributed by atoms with van der Waals surface area (Å²) in [5, 5.41) is 2.88. The number of aromatic nitrogens is 1. The van der Waals surface area contributed by atoms with Gasteiger partial charge in [-0.1, -0.05) is 12.1 Å². The Bertz CT molecular complexity index is 573. The van der Waals surface area contributed by atoms with Crippen LogP contribution >= 0.6 is 0 Å². The number of amides is 1. The normalized spacial score (nSPS) is 10.5. The lowest BCUT2D eigenvalue weighted by molar-refractivity contribution is 0.102. The molecule has 0 bridgehead atoms. The number of carbonyl (C=O) groups excluding carboxylic acids is 1. The number of hydrogen-bond acceptors (Lipinski definition) is 2. The highest BCUT2D eigenvalue weighted by atomic mass is 16.5. The van der Waals surface area contributed by atoms with Crippen LogP contribution in [0, 0.1) is 6.92 Å². The number of hydrogen-bond donors (Lipinski definition) is 2. The SMILES string of the molecule is Cc1[nH]ccc1C(=O)Nc1ccccc1OC(C)C. The first kappa shape index (κ1) is 13.2. The van der Waals surface area contributed by atoms with Gasteiger partial charge in [-0.05, 0) is 39.0 Å². The molecule has 2 aromatic rings. The van der Waals surface area contributed by atoms with Crippen LogP contribution < -0.4 is 10.1 Å². The summed E-state index contributed by atoms with van der Waals surface area (Å²) in [7, 11) is 0. The Hall–Kier alpha value is -2.23. The third kappa shape index (κ3) is 3.16. The van der Waals surface area contributed by atoms with Gasteiger partial charge in [0.1, 0.15) is 5.75 Å². The molecule has 0 atom stereocenters. The van der Waals surface area contributed by atoms with Crippen LogP contribution in [0.3, 0.4) is 0 Å². The van der Waals surface area contributed by atoms with Gasteiger partial charge in [-0.3, -0.25) is 4.79 Å². The maximum Gasteiger partial charge on any atom is 0.257 e. The highest BCUT2D eigenvalue weighted by Gasteiger charge is 2.12. The van der Waals surface area contributed by atoms with Crippen LogP contribution in [0.25, 0.3) is 0 Å². The van der Waals surface area contributed by atoms with Crippen molar-refractivity contribution in [3.63, 3.8) is 0 Å². The van der Waals surface area contributed by atoms with Crippen molar-refractivity contribution in [3.8, 4) is 5.75 Å². The third-order valence-corrected chi connectivity index (χ3v) is 2.70. The summed E-state index contributed by atoms with van der Waals surface area (Å²) >= 11 is 0. The topological polar surface area (TPSA) is 54.1 Å². The molecule has 1 aromatic carbocycles. The Morgan fingerprint density at radius 1 is 1.26 bits per heavy atom. The zero-order valence-corrected chi connectivity index (χ0v) is 11.4. The number of benzene rings is 1. The highest BCUT2D eigenvalue weighted by molar-refractivity contribution is 6.05. The minimum Gasteiger partial charge on any atom is -0.489 e. The van der Waals surface area contributed by atoms with Gasteiger partial charge in [-0.2, -0.15) is 0 Å². The van der Waals surface area contributed by atoms with Crippen LogP contribution in [-0.2, 0) is 0 Å². The van der Waals surface area contributed by atoms with Gasteiger partial charge in [0.05, 0.1) is 17.4 Å². The van der Waals surface area contributed by atoms with Gasteiger partial charge in [0.25, 0.3) is 5.91 Å². The molecule has 1 aromatic heterocycles. The number of para-hydroxylation sites is 2. The maximum atomic E-state index is 12.1. The van der Waals surface area contributed by atoms with Gasteiger partial charge < -0.3 is 15.0 Å². The van der Waals surface area contributed by atoms with Gasteiger partial charge >= 0.3 is 0 Å². The molecule has 1 heterocycles. The fourth-order valence-electron chi connectivity index (χ4n) is 1.81. The van der Waals surface area contributed by atoms with E-state index < -0.39 is 0 Å². The van der Waals surface area contributed by atoms with Crippen LogP contribution in [0.2, 0.25) is 0 Å². The number of H-pyrrole nitrogens is 1. The Morgan fingerprint density at radius 2 is 2.00 bits per heavy atom. The fourth-order valence-corrected chi connectivity index (χ4v) is 1.81. The average molecular weight is 258 g/mol. The van der Waals surface area contributed by atoms with Gasteiger partial charge in [0, 0.05) is 11.9 Å². The van der Waals surface area contributed by atoms with Crippen molar-refractivity contribution < 1.29 is 9.53 Å². The van der Waals surface area contributed by atoms with E-state index in [1.165, 1.54) is 0 Å². The third-order valence-electron chi connectivity index (χ3n) is 2.70. The van der Waals surface area contributed by atoms with Crippen molar-refractivity contribution in [3.05, 3.63) is 47.8 Å². The molecule has 100 valence electrons. The molecule has 4 nitrogen and oxygen atoms in total. The number of anilines is 1. The van der Waals surface area contributed by atoms with E-state index in [2.05, 4.69) is 10.3 Å². The molecule has 4 heteroatoms. The molecule has 0 aliphatic carbocycles. The number of carbonyl (C=O) groups is 1. The van der Waals surface area contributed by atoms with Crippen molar-refractivity contribution in [1.82, 2.24) is 4.98 Å². The number of rotatable bonds is 4. The molecule has 0 saturated carbocycles. The molecule has 0 spiro atoms. The average Bonchev–Trinajstić information content (AvgIpc) is 2.77. The molecule has 0 unspecified atom stereocenters. The number of aromatic amines is 1. The van der Waals surface area contributed by atoms with Gasteiger partial charge in [-0.25, -0.2) is 0 Å². The summed E-state index contributed by atoms with van der Waals surface area (Å²) in [6.07, 6.45) is 1.81. The summed E-state index contributed by atoms with van der Waals surface area (Å²) in [6, 6.07) is 9.19. The van der Waals surface area contributed by atoms with Crippen LogP contribution in [0.4, 0.5) is 5.69 Å². The van der Waals surface area contributed by atoms with Crippen molar-refractivity contribution in [2.45, 2.75) is 26.9 Å². The van der Waals surface area contributed by atoms with Gasteiger partial charge in [0.15, 0.2) is 0 Å². The van der Waals surface area contributed by atoms with Crippen molar-refractivity contribution in [1.29, 1.82) is 0 Å². The monoisotopic (exact) mass is 258 g/mol. The number of ether oxygens (including phenoxy) is 1. The lowest BCUT2D eigenvalue weighted by Gasteiger charge is -2.14. The highest BCUT2D eigenvalue weighted by Crippen LogP contribution is 2.25. The fraction of sp³-hybridized carbons (Fsp3) is 0.267. The van der Waals surface area contributed by atoms with Crippen LogP contribution in [0.5, 0.6) is 5.75 Å².